The molecule has 0 bridgehead atoms. The van der Waals surface area contributed by atoms with Crippen molar-refractivity contribution >= 4 is 28.9 Å². The van der Waals surface area contributed by atoms with E-state index in [1.165, 1.54) is 36.4 Å². The molecule has 0 radical (unpaired) electrons. The van der Waals surface area contributed by atoms with Crippen molar-refractivity contribution in [3.05, 3.63) is 54.1 Å². The molecule has 2 aromatic carbocycles. The lowest BCUT2D eigenvalue weighted by molar-refractivity contribution is -0.0498. The lowest BCUT2D eigenvalue weighted by atomic mass is 10.2. The third-order valence-corrected chi connectivity index (χ3v) is 3.27. The second kappa shape index (κ2) is 8.25. The predicted molar refractivity (Wildman–Crippen MR) is 92.8 cm³/mol. The number of nitrogens with one attached hydrogen (secondary N) is 1. The number of benzene rings is 2. The van der Waals surface area contributed by atoms with Crippen molar-refractivity contribution < 1.29 is 23.0 Å². The first-order valence-electron chi connectivity index (χ1n) is 7.00. The van der Waals surface area contributed by atoms with Gasteiger partial charge in [0.2, 0.25) is 0 Å². The van der Waals surface area contributed by atoms with E-state index in [1.807, 2.05) is 0 Å². The fraction of sp³-hybridized carbons (Fsp3) is 0.125. The molecule has 25 heavy (non-hydrogen) atoms. The summed E-state index contributed by atoms with van der Waals surface area (Å²) in [4.78, 5) is 12.3. The Morgan fingerprint density at radius 1 is 1.20 bits per heavy atom. The predicted octanol–water partition coefficient (Wildman–Crippen LogP) is 2.69. The van der Waals surface area contributed by atoms with E-state index in [4.69, 9.17) is 22.7 Å². The van der Waals surface area contributed by atoms with Crippen LogP contribution in [0.4, 0.5) is 14.5 Å². The highest BCUT2D eigenvalue weighted by atomic mass is 32.1. The quantitative estimate of drug-likeness (QED) is 0.625. The first-order chi connectivity index (χ1) is 11.9. The van der Waals surface area contributed by atoms with E-state index >= 15 is 0 Å². The summed E-state index contributed by atoms with van der Waals surface area (Å²) >= 11 is 4.96. The van der Waals surface area contributed by atoms with Crippen LogP contribution < -0.4 is 25.6 Å². The number of ether oxygens (including phenoxy) is 2. The number of hydrazine groups is 1. The van der Waals surface area contributed by atoms with Crippen LogP contribution in [0.25, 0.3) is 0 Å². The van der Waals surface area contributed by atoms with E-state index in [0.29, 0.717) is 11.4 Å². The molecule has 0 fully saturated rings. The van der Waals surface area contributed by atoms with Gasteiger partial charge in [-0.3, -0.25) is 10.2 Å². The van der Waals surface area contributed by atoms with Gasteiger partial charge in [0.15, 0.2) is 5.11 Å². The first kappa shape index (κ1) is 18.4. The van der Waals surface area contributed by atoms with Crippen molar-refractivity contribution in [2.24, 2.45) is 5.73 Å². The molecule has 3 N–H and O–H groups in total. The average molecular weight is 367 g/mol. The molecule has 0 aromatic heterocycles. The Bertz CT molecular complexity index is 757. The Kier molecular flexibility index (Phi) is 6.07. The molecule has 2 aromatic rings. The summed E-state index contributed by atoms with van der Waals surface area (Å²) < 4.78 is 33.6. The lowest BCUT2D eigenvalue weighted by Gasteiger charge is -2.23. The Morgan fingerprint density at radius 2 is 1.88 bits per heavy atom. The molecule has 0 aliphatic heterocycles. The number of hydrogen-bond acceptors (Lipinski definition) is 4. The van der Waals surface area contributed by atoms with Crippen molar-refractivity contribution in [1.29, 1.82) is 0 Å². The number of nitrogens with two attached hydrogens (primary N) is 1. The van der Waals surface area contributed by atoms with E-state index in [2.05, 4.69) is 10.2 Å². The zero-order chi connectivity index (χ0) is 18.4. The molecule has 0 saturated heterocycles. The van der Waals surface area contributed by atoms with Gasteiger partial charge in [0.1, 0.15) is 11.5 Å². The number of carbonyl (C=O) groups excluding carboxylic acids is 1. The molecule has 0 heterocycles. The largest absolute Gasteiger partial charge is 0.497 e. The van der Waals surface area contributed by atoms with E-state index < -0.39 is 12.5 Å². The van der Waals surface area contributed by atoms with Crippen molar-refractivity contribution in [2.75, 3.05) is 12.1 Å². The highest BCUT2D eigenvalue weighted by Gasteiger charge is 2.15. The average Bonchev–Trinajstić information content (AvgIpc) is 2.59. The third-order valence-electron chi connectivity index (χ3n) is 3.09. The maximum atomic E-state index is 12.3. The minimum Gasteiger partial charge on any atom is -0.497 e. The summed E-state index contributed by atoms with van der Waals surface area (Å²) in [5, 5.41) is 1.13. The normalized spacial score (nSPS) is 10.2. The Hall–Kier alpha value is -2.94. The number of alkyl halides is 2. The van der Waals surface area contributed by atoms with E-state index in [-0.39, 0.29) is 16.4 Å². The molecule has 0 saturated carbocycles. The molecule has 0 aliphatic rings. The lowest BCUT2D eigenvalue weighted by Crippen LogP contribution is -2.49. The number of carbonyl (C=O) groups is 1. The van der Waals surface area contributed by atoms with Gasteiger partial charge in [0.25, 0.3) is 5.91 Å². The van der Waals surface area contributed by atoms with Gasteiger partial charge in [-0.05, 0) is 48.6 Å². The fourth-order valence-corrected chi connectivity index (χ4v) is 2.10. The van der Waals surface area contributed by atoms with Crippen LogP contribution in [-0.2, 0) is 0 Å². The highest BCUT2D eigenvalue weighted by Crippen LogP contribution is 2.20. The highest BCUT2D eigenvalue weighted by molar-refractivity contribution is 7.80. The number of nitrogens with zero attached hydrogens (tertiary/aromatic N) is 1. The third kappa shape index (κ3) is 5.01. The number of hydrogen-bond donors (Lipinski definition) is 2. The van der Waals surface area contributed by atoms with Crippen molar-refractivity contribution in [1.82, 2.24) is 5.43 Å². The molecule has 0 atom stereocenters. The molecular formula is C16H15F2N3O3S. The van der Waals surface area contributed by atoms with Gasteiger partial charge in [-0.2, -0.15) is 8.78 Å². The molecule has 6 nitrogen and oxygen atoms in total. The van der Waals surface area contributed by atoms with Crippen molar-refractivity contribution in [3.8, 4) is 11.5 Å². The second-order valence-corrected chi connectivity index (χ2v) is 5.14. The van der Waals surface area contributed by atoms with Crippen LogP contribution in [0.3, 0.4) is 0 Å². The van der Waals surface area contributed by atoms with Gasteiger partial charge in [-0.25, -0.2) is 5.01 Å². The standard InChI is InChI=1S/C16H15F2N3O3S/c1-23-13-4-2-3-11(9-13)21(16(19)25)20-14(22)10-5-7-12(8-6-10)24-15(17)18/h2-9,15H,1H3,(H2,19,25)(H,20,22). The molecule has 0 spiro atoms. The summed E-state index contributed by atoms with van der Waals surface area (Å²) in [6, 6.07) is 12.0. The van der Waals surface area contributed by atoms with Gasteiger partial charge in [0, 0.05) is 11.6 Å². The van der Waals surface area contributed by atoms with Crippen LogP contribution in [0.15, 0.2) is 48.5 Å². The van der Waals surface area contributed by atoms with Crippen LogP contribution in [-0.4, -0.2) is 24.7 Å². The number of halogens is 2. The number of anilines is 1. The summed E-state index contributed by atoms with van der Waals surface area (Å²) in [6.07, 6.45) is 0. The summed E-state index contributed by atoms with van der Waals surface area (Å²) in [5.74, 6) is -0.0220. The minimum absolute atomic E-state index is 0.0504. The van der Waals surface area contributed by atoms with Gasteiger partial charge in [-0.15, -0.1) is 0 Å². The van der Waals surface area contributed by atoms with Crippen LogP contribution in [0.1, 0.15) is 10.4 Å². The number of thiocarbonyl (C=S) groups is 1. The molecule has 0 unspecified atom stereocenters. The van der Waals surface area contributed by atoms with Crippen LogP contribution in [0.2, 0.25) is 0 Å². The molecule has 132 valence electrons. The minimum atomic E-state index is -2.93. The Labute approximate surface area is 148 Å². The Balaban J connectivity index is 2.16. The van der Waals surface area contributed by atoms with Crippen LogP contribution in [0, 0.1) is 0 Å². The summed E-state index contributed by atoms with van der Waals surface area (Å²) in [7, 11) is 1.51. The molecule has 1 amide bonds. The number of methoxy groups -OCH3 is 1. The van der Waals surface area contributed by atoms with E-state index in [9.17, 15) is 13.6 Å². The molecular weight excluding hydrogens is 352 g/mol. The van der Waals surface area contributed by atoms with E-state index in [1.54, 1.807) is 24.3 Å². The zero-order valence-corrected chi connectivity index (χ0v) is 13.9. The van der Waals surface area contributed by atoms with Crippen LogP contribution >= 0.6 is 12.2 Å². The fourth-order valence-electron chi connectivity index (χ4n) is 1.95. The zero-order valence-electron chi connectivity index (χ0n) is 13.1. The molecule has 2 rings (SSSR count). The number of rotatable bonds is 5. The van der Waals surface area contributed by atoms with Crippen molar-refractivity contribution in [3.63, 3.8) is 0 Å². The smallest absolute Gasteiger partial charge is 0.387 e. The topological polar surface area (TPSA) is 76.8 Å². The van der Waals surface area contributed by atoms with E-state index in [0.717, 1.165) is 0 Å². The molecule has 0 aliphatic carbocycles. The summed E-state index contributed by atoms with van der Waals surface area (Å²) in [5.41, 5.74) is 8.92. The van der Waals surface area contributed by atoms with Gasteiger partial charge in [0.05, 0.1) is 12.8 Å². The first-order valence-corrected chi connectivity index (χ1v) is 7.41. The maximum Gasteiger partial charge on any atom is 0.387 e. The number of amides is 1. The van der Waals surface area contributed by atoms with Gasteiger partial charge < -0.3 is 15.2 Å². The second-order valence-electron chi connectivity index (χ2n) is 4.72. The van der Waals surface area contributed by atoms with Crippen LogP contribution in [0.5, 0.6) is 11.5 Å². The summed E-state index contributed by atoms with van der Waals surface area (Å²) in [6.45, 7) is -2.93. The maximum absolute atomic E-state index is 12.3. The van der Waals surface area contributed by atoms with Crippen molar-refractivity contribution in [2.45, 2.75) is 6.61 Å². The monoisotopic (exact) mass is 367 g/mol. The Morgan fingerprint density at radius 3 is 2.44 bits per heavy atom. The van der Waals surface area contributed by atoms with Gasteiger partial charge >= 0.3 is 6.61 Å². The molecule has 9 heteroatoms. The SMILES string of the molecule is COc1cccc(N(NC(=O)c2ccc(OC(F)F)cc2)C(N)=S)c1. The van der Waals surface area contributed by atoms with Gasteiger partial charge in [-0.1, -0.05) is 6.07 Å².